The molecule has 2 N–H and O–H groups in total. The summed E-state index contributed by atoms with van der Waals surface area (Å²) in [6.07, 6.45) is 3.30. The molecule has 4 nitrogen and oxygen atoms in total. The molecule has 4 rings (SSSR count). The zero-order valence-corrected chi connectivity index (χ0v) is 13.0. The van der Waals surface area contributed by atoms with Gasteiger partial charge in [-0.05, 0) is 34.9 Å². The second-order valence-electron chi connectivity index (χ2n) is 5.53. The van der Waals surface area contributed by atoms with Gasteiger partial charge in [0, 0.05) is 30.4 Å². The average molecular weight is 318 g/mol. The maximum Gasteiger partial charge on any atom is 0.213 e. The summed E-state index contributed by atoms with van der Waals surface area (Å²) in [6.45, 7) is 0. The number of aromatic amines is 1. The first-order valence-electron chi connectivity index (χ1n) is 7.62. The molecule has 0 aliphatic carbocycles. The van der Waals surface area contributed by atoms with Crippen LogP contribution in [-0.2, 0) is 0 Å². The summed E-state index contributed by atoms with van der Waals surface area (Å²) >= 11 is 0. The van der Waals surface area contributed by atoms with E-state index in [1.54, 1.807) is 6.20 Å². The first kappa shape index (κ1) is 14.4. The molecule has 0 bridgehead atoms. The van der Waals surface area contributed by atoms with Gasteiger partial charge in [-0.2, -0.15) is 4.39 Å². The van der Waals surface area contributed by atoms with Gasteiger partial charge in [-0.3, -0.25) is 0 Å². The van der Waals surface area contributed by atoms with Crippen LogP contribution in [0.4, 0.5) is 10.2 Å². The van der Waals surface area contributed by atoms with E-state index < -0.39 is 5.95 Å². The number of aromatic nitrogens is 3. The van der Waals surface area contributed by atoms with Crippen molar-refractivity contribution in [1.29, 1.82) is 0 Å². The van der Waals surface area contributed by atoms with Crippen molar-refractivity contribution >= 4 is 16.7 Å². The number of pyridine rings is 2. The minimum Gasteiger partial charge on any atom is -0.373 e. The van der Waals surface area contributed by atoms with Crippen molar-refractivity contribution in [1.82, 2.24) is 15.0 Å². The maximum absolute atomic E-state index is 13.2. The van der Waals surface area contributed by atoms with E-state index in [0.717, 1.165) is 39.1 Å². The highest BCUT2D eigenvalue weighted by atomic mass is 19.1. The quantitative estimate of drug-likeness (QED) is 0.548. The van der Waals surface area contributed by atoms with Crippen LogP contribution >= 0.6 is 0 Å². The van der Waals surface area contributed by atoms with Crippen molar-refractivity contribution in [2.24, 2.45) is 0 Å². The maximum atomic E-state index is 13.2. The summed E-state index contributed by atoms with van der Waals surface area (Å²) in [4.78, 5) is 11.2. The van der Waals surface area contributed by atoms with Gasteiger partial charge in [-0.25, -0.2) is 9.97 Å². The molecule has 0 saturated heterocycles. The highest BCUT2D eigenvalue weighted by Crippen LogP contribution is 2.27. The Balaban J connectivity index is 1.69. The molecule has 4 aromatic rings. The van der Waals surface area contributed by atoms with Crippen LogP contribution in [-0.4, -0.2) is 22.0 Å². The molecule has 1 aromatic carbocycles. The summed E-state index contributed by atoms with van der Waals surface area (Å²) in [5.41, 5.74) is 5.02. The van der Waals surface area contributed by atoms with Gasteiger partial charge in [0.1, 0.15) is 5.82 Å². The van der Waals surface area contributed by atoms with Crippen LogP contribution < -0.4 is 5.32 Å². The molecule has 0 amide bonds. The van der Waals surface area contributed by atoms with Crippen LogP contribution in [0.1, 0.15) is 0 Å². The van der Waals surface area contributed by atoms with Crippen LogP contribution in [0.25, 0.3) is 33.3 Å². The van der Waals surface area contributed by atoms with Crippen molar-refractivity contribution in [3.8, 4) is 22.4 Å². The molecule has 0 radical (unpaired) electrons. The number of nitrogens with one attached hydrogen (secondary N) is 2. The predicted octanol–water partition coefficient (Wildman–Crippen LogP) is 4.47. The fourth-order valence-electron chi connectivity index (χ4n) is 2.75. The number of rotatable bonds is 3. The number of fused-ring (bicyclic) bond motifs is 1. The second kappa shape index (κ2) is 5.77. The molecule has 0 aliphatic rings. The van der Waals surface area contributed by atoms with Crippen molar-refractivity contribution < 1.29 is 4.39 Å². The zero-order chi connectivity index (χ0) is 16.5. The van der Waals surface area contributed by atoms with Gasteiger partial charge in [0.25, 0.3) is 0 Å². The van der Waals surface area contributed by atoms with Crippen molar-refractivity contribution in [2.75, 3.05) is 12.4 Å². The fourth-order valence-corrected chi connectivity index (χ4v) is 2.75. The molecule has 0 aliphatic heterocycles. The van der Waals surface area contributed by atoms with E-state index >= 15 is 0 Å². The molecule has 0 fully saturated rings. The number of H-pyrrole nitrogens is 1. The Morgan fingerprint density at radius 2 is 1.71 bits per heavy atom. The summed E-state index contributed by atoms with van der Waals surface area (Å²) in [5, 5.41) is 3.86. The monoisotopic (exact) mass is 318 g/mol. The minimum atomic E-state index is -0.471. The van der Waals surface area contributed by atoms with Crippen molar-refractivity contribution in [2.45, 2.75) is 0 Å². The Bertz CT molecular complexity index is 1010. The van der Waals surface area contributed by atoms with Crippen molar-refractivity contribution in [3.63, 3.8) is 0 Å². The SMILES string of the molecule is CNc1cc(-c2ccc(-c3cc4cc(F)ncc4[nH]3)cc2)ccn1. The third-order valence-electron chi connectivity index (χ3n) is 4.02. The average Bonchev–Trinajstić information content (AvgIpc) is 3.05. The molecule has 0 spiro atoms. The van der Waals surface area contributed by atoms with E-state index in [2.05, 4.69) is 32.4 Å². The molecule has 118 valence electrons. The molecular formula is C19H15FN4. The lowest BCUT2D eigenvalue weighted by Gasteiger charge is -2.05. The molecule has 0 saturated carbocycles. The molecule has 24 heavy (non-hydrogen) atoms. The standard InChI is InChI=1S/C19H15FN4/c1-21-19-10-14(6-7-22-19)12-2-4-13(5-3-12)16-8-15-9-18(20)23-11-17(15)24-16/h2-11,24H,1H3,(H,21,22). The summed E-state index contributed by atoms with van der Waals surface area (Å²) in [7, 11) is 1.85. The van der Waals surface area contributed by atoms with E-state index in [0.29, 0.717) is 0 Å². The second-order valence-corrected chi connectivity index (χ2v) is 5.53. The highest BCUT2D eigenvalue weighted by Gasteiger charge is 2.06. The van der Waals surface area contributed by atoms with Gasteiger partial charge in [0.05, 0.1) is 11.7 Å². The largest absolute Gasteiger partial charge is 0.373 e. The molecular weight excluding hydrogens is 303 g/mol. The van der Waals surface area contributed by atoms with Gasteiger partial charge in [0.2, 0.25) is 5.95 Å². The third kappa shape index (κ3) is 2.60. The first-order chi connectivity index (χ1) is 11.7. The Morgan fingerprint density at radius 3 is 2.50 bits per heavy atom. The van der Waals surface area contributed by atoms with Gasteiger partial charge >= 0.3 is 0 Å². The number of anilines is 1. The molecule has 0 unspecified atom stereocenters. The van der Waals surface area contributed by atoms with Gasteiger partial charge in [-0.1, -0.05) is 24.3 Å². The summed E-state index contributed by atoms with van der Waals surface area (Å²) in [6, 6.07) is 15.6. The lowest BCUT2D eigenvalue weighted by atomic mass is 10.0. The topological polar surface area (TPSA) is 53.6 Å². The molecule has 5 heteroatoms. The highest BCUT2D eigenvalue weighted by molar-refractivity contribution is 5.85. The predicted molar refractivity (Wildman–Crippen MR) is 94.3 cm³/mol. The van der Waals surface area contributed by atoms with Crippen LogP contribution in [0.3, 0.4) is 0 Å². The normalized spacial score (nSPS) is 10.9. The zero-order valence-electron chi connectivity index (χ0n) is 13.0. The third-order valence-corrected chi connectivity index (χ3v) is 4.02. The first-order valence-corrected chi connectivity index (χ1v) is 7.62. The van der Waals surface area contributed by atoms with E-state index in [4.69, 9.17) is 0 Å². The Kier molecular flexibility index (Phi) is 3.46. The van der Waals surface area contributed by atoms with Crippen LogP contribution in [0.15, 0.2) is 60.9 Å². The fraction of sp³-hybridized carbons (Fsp3) is 0.0526. The van der Waals surface area contributed by atoms with Crippen molar-refractivity contribution in [3.05, 3.63) is 66.9 Å². The molecule has 3 heterocycles. The summed E-state index contributed by atoms with van der Waals surface area (Å²) in [5.74, 6) is 0.364. The lowest BCUT2D eigenvalue weighted by molar-refractivity contribution is 0.586. The number of hydrogen-bond acceptors (Lipinski definition) is 3. The van der Waals surface area contributed by atoms with Crippen LogP contribution in [0.5, 0.6) is 0 Å². The summed E-state index contributed by atoms with van der Waals surface area (Å²) < 4.78 is 13.2. The minimum absolute atomic E-state index is 0.471. The number of benzene rings is 1. The molecule has 0 atom stereocenters. The van der Waals surface area contributed by atoms with Crippen LogP contribution in [0.2, 0.25) is 0 Å². The Hall–Kier alpha value is -3.21. The lowest BCUT2D eigenvalue weighted by Crippen LogP contribution is -1.91. The van der Waals surface area contributed by atoms with E-state index in [1.807, 2.05) is 37.4 Å². The number of halogens is 1. The van der Waals surface area contributed by atoms with E-state index in [-0.39, 0.29) is 0 Å². The number of hydrogen-bond donors (Lipinski definition) is 2. The van der Waals surface area contributed by atoms with Gasteiger partial charge < -0.3 is 10.3 Å². The van der Waals surface area contributed by atoms with Gasteiger partial charge in [-0.15, -0.1) is 0 Å². The van der Waals surface area contributed by atoms with E-state index in [9.17, 15) is 4.39 Å². The number of nitrogens with zero attached hydrogens (tertiary/aromatic N) is 2. The Labute approximate surface area is 138 Å². The van der Waals surface area contributed by atoms with Crippen LogP contribution in [0, 0.1) is 5.95 Å². The smallest absolute Gasteiger partial charge is 0.213 e. The molecule has 3 aromatic heterocycles. The van der Waals surface area contributed by atoms with E-state index in [1.165, 1.54) is 12.3 Å². The van der Waals surface area contributed by atoms with Gasteiger partial charge in [0.15, 0.2) is 0 Å². The Morgan fingerprint density at radius 1 is 0.917 bits per heavy atom.